The van der Waals surface area contributed by atoms with Crippen molar-refractivity contribution in [1.82, 2.24) is 9.80 Å². The Morgan fingerprint density at radius 3 is 2.57 bits per heavy atom. The molecule has 2 heterocycles. The van der Waals surface area contributed by atoms with Crippen molar-refractivity contribution in [3.05, 3.63) is 35.4 Å². The number of piperidine rings is 1. The lowest BCUT2D eigenvalue weighted by atomic mass is 9.91. The molecular formula is C19H30N2. The molecule has 116 valence electrons. The van der Waals surface area contributed by atoms with Gasteiger partial charge in [0.2, 0.25) is 0 Å². The molecule has 0 radical (unpaired) electrons. The fourth-order valence-electron chi connectivity index (χ4n) is 4.01. The van der Waals surface area contributed by atoms with Gasteiger partial charge in [-0.2, -0.15) is 0 Å². The maximum atomic E-state index is 2.76. The van der Waals surface area contributed by atoms with Crippen LogP contribution in [0.3, 0.4) is 0 Å². The second kappa shape index (κ2) is 6.50. The predicted octanol–water partition coefficient (Wildman–Crippen LogP) is 3.69. The van der Waals surface area contributed by atoms with E-state index in [1.165, 1.54) is 50.0 Å². The first-order valence-electron chi connectivity index (χ1n) is 8.67. The highest BCUT2D eigenvalue weighted by molar-refractivity contribution is 5.21. The summed E-state index contributed by atoms with van der Waals surface area (Å²) in [5, 5.41) is 0. The molecule has 0 saturated carbocycles. The Kier molecular flexibility index (Phi) is 4.66. The first-order chi connectivity index (χ1) is 10.1. The maximum Gasteiger partial charge on any atom is 0.0250 e. The average Bonchev–Trinajstić information content (AvgIpc) is 2.48. The standard InChI is InChI=1S/C19H30N2/c1-15(2)19-14-20-11-5-4-6-18(20)13-21(19)12-17-9-7-16(3)8-10-17/h7-10,15,18-19H,4-6,11-14H2,1-3H3. The van der Waals surface area contributed by atoms with E-state index in [-0.39, 0.29) is 0 Å². The molecule has 0 aliphatic carbocycles. The third kappa shape index (κ3) is 3.49. The lowest BCUT2D eigenvalue weighted by Gasteiger charge is -2.50. The molecule has 0 N–H and O–H groups in total. The van der Waals surface area contributed by atoms with Gasteiger partial charge in [-0.1, -0.05) is 50.1 Å². The van der Waals surface area contributed by atoms with Crippen molar-refractivity contribution in [2.75, 3.05) is 19.6 Å². The Balaban J connectivity index is 1.72. The highest BCUT2D eigenvalue weighted by atomic mass is 15.3. The summed E-state index contributed by atoms with van der Waals surface area (Å²) in [4.78, 5) is 5.52. The monoisotopic (exact) mass is 286 g/mol. The first kappa shape index (κ1) is 15.1. The van der Waals surface area contributed by atoms with Crippen molar-refractivity contribution in [1.29, 1.82) is 0 Å². The van der Waals surface area contributed by atoms with E-state index in [1.807, 2.05) is 0 Å². The third-order valence-corrected chi connectivity index (χ3v) is 5.36. The summed E-state index contributed by atoms with van der Waals surface area (Å²) in [6.07, 6.45) is 4.22. The molecule has 2 unspecified atom stereocenters. The van der Waals surface area contributed by atoms with Gasteiger partial charge in [0.25, 0.3) is 0 Å². The highest BCUT2D eigenvalue weighted by Crippen LogP contribution is 2.28. The molecular weight excluding hydrogens is 256 g/mol. The summed E-state index contributed by atoms with van der Waals surface area (Å²) >= 11 is 0. The summed E-state index contributed by atoms with van der Waals surface area (Å²) < 4.78 is 0. The van der Waals surface area contributed by atoms with Crippen LogP contribution in [0.1, 0.15) is 44.2 Å². The van der Waals surface area contributed by atoms with E-state index in [0.29, 0.717) is 6.04 Å². The van der Waals surface area contributed by atoms with E-state index in [2.05, 4.69) is 54.8 Å². The van der Waals surface area contributed by atoms with Gasteiger partial charge in [-0.05, 0) is 37.8 Å². The van der Waals surface area contributed by atoms with E-state index >= 15 is 0 Å². The number of hydrogen-bond acceptors (Lipinski definition) is 2. The zero-order valence-corrected chi connectivity index (χ0v) is 13.9. The van der Waals surface area contributed by atoms with Crippen molar-refractivity contribution in [2.45, 2.75) is 58.7 Å². The van der Waals surface area contributed by atoms with Crippen LogP contribution >= 0.6 is 0 Å². The van der Waals surface area contributed by atoms with Crippen LogP contribution in [0.4, 0.5) is 0 Å². The van der Waals surface area contributed by atoms with Crippen LogP contribution in [0.25, 0.3) is 0 Å². The number of rotatable bonds is 3. The van der Waals surface area contributed by atoms with Crippen molar-refractivity contribution in [3.63, 3.8) is 0 Å². The van der Waals surface area contributed by atoms with Gasteiger partial charge in [0.1, 0.15) is 0 Å². The van der Waals surface area contributed by atoms with Gasteiger partial charge >= 0.3 is 0 Å². The molecule has 2 nitrogen and oxygen atoms in total. The van der Waals surface area contributed by atoms with E-state index < -0.39 is 0 Å². The van der Waals surface area contributed by atoms with Gasteiger partial charge in [0, 0.05) is 31.7 Å². The van der Waals surface area contributed by atoms with Gasteiger partial charge in [0.05, 0.1) is 0 Å². The van der Waals surface area contributed by atoms with E-state index in [4.69, 9.17) is 0 Å². The molecule has 1 aromatic carbocycles. The molecule has 0 spiro atoms. The van der Waals surface area contributed by atoms with Crippen molar-refractivity contribution in [3.8, 4) is 0 Å². The first-order valence-corrected chi connectivity index (χ1v) is 8.67. The van der Waals surface area contributed by atoms with Crippen LogP contribution < -0.4 is 0 Å². The van der Waals surface area contributed by atoms with Crippen LogP contribution in [0.5, 0.6) is 0 Å². The van der Waals surface area contributed by atoms with Crippen molar-refractivity contribution in [2.24, 2.45) is 5.92 Å². The molecule has 0 amide bonds. The molecule has 2 atom stereocenters. The molecule has 1 aromatic rings. The molecule has 2 heteroatoms. The van der Waals surface area contributed by atoms with Crippen LogP contribution in [-0.4, -0.2) is 41.5 Å². The summed E-state index contributed by atoms with van der Waals surface area (Å²) in [6, 6.07) is 10.6. The van der Waals surface area contributed by atoms with Gasteiger partial charge in [0.15, 0.2) is 0 Å². The molecule has 2 fully saturated rings. The number of fused-ring (bicyclic) bond motifs is 1. The lowest BCUT2D eigenvalue weighted by molar-refractivity contribution is -0.0118. The number of nitrogens with zero attached hydrogens (tertiary/aromatic N) is 2. The van der Waals surface area contributed by atoms with E-state index in [1.54, 1.807) is 0 Å². The smallest absolute Gasteiger partial charge is 0.0250 e. The second-order valence-corrected chi connectivity index (χ2v) is 7.37. The number of benzene rings is 1. The summed E-state index contributed by atoms with van der Waals surface area (Å²) in [5.41, 5.74) is 2.83. The summed E-state index contributed by atoms with van der Waals surface area (Å²) in [5.74, 6) is 0.735. The summed E-state index contributed by atoms with van der Waals surface area (Å²) in [6.45, 7) is 11.9. The topological polar surface area (TPSA) is 6.48 Å². The van der Waals surface area contributed by atoms with Crippen LogP contribution in [0, 0.1) is 12.8 Å². The second-order valence-electron chi connectivity index (χ2n) is 7.37. The Morgan fingerprint density at radius 1 is 1.10 bits per heavy atom. The minimum Gasteiger partial charge on any atom is -0.298 e. The van der Waals surface area contributed by atoms with Gasteiger partial charge in [-0.25, -0.2) is 0 Å². The third-order valence-electron chi connectivity index (χ3n) is 5.36. The quantitative estimate of drug-likeness (QED) is 0.836. The number of piperazine rings is 1. The van der Waals surface area contributed by atoms with Crippen molar-refractivity contribution < 1.29 is 0 Å². The molecule has 0 aromatic heterocycles. The van der Waals surface area contributed by atoms with Crippen LogP contribution in [-0.2, 0) is 6.54 Å². The normalized spacial score (nSPS) is 27.8. The van der Waals surface area contributed by atoms with E-state index in [9.17, 15) is 0 Å². The minimum absolute atomic E-state index is 0.709. The molecule has 21 heavy (non-hydrogen) atoms. The summed E-state index contributed by atoms with van der Waals surface area (Å²) in [7, 11) is 0. The Morgan fingerprint density at radius 2 is 1.86 bits per heavy atom. The SMILES string of the molecule is Cc1ccc(CN2CC3CCCCN3CC2C(C)C)cc1. The molecule has 3 rings (SSSR count). The molecule has 2 aliphatic heterocycles. The molecule has 2 aliphatic rings. The molecule has 2 saturated heterocycles. The average molecular weight is 286 g/mol. The Hall–Kier alpha value is -0.860. The lowest BCUT2D eigenvalue weighted by Crippen LogP contribution is -2.60. The fourth-order valence-corrected chi connectivity index (χ4v) is 4.01. The maximum absolute atomic E-state index is 2.76. The largest absolute Gasteiger partial charge is 0.298 e. The Labute approximate surface area is 130 Å². The predicted molar refractivity (Wildman–Crippen MR) is 89.4 cm³/mol. The van der Waals surface area contributed by atoms with E-state index in [0.717, 1.165) is 18.5 Å². The minimum atomic E-state index is 0.709. The number of hydrogen-bond donors (Lipinski definition) is 0. The Bertz CT molecular complexity index is 451. The van der Waals surface area contributed by atoms with Crippen LogP contribution in [0.15, 0.2) is 24.3 Å². The van der Waals surface area contributed by atoms with Gasteiger partial charge < -0.3 is 0 Å². The number of aryl methyl sites for hydroxylation is 1. The van der Waals surface area contributed by atoms with Gasteiger partial charge in [-0.15, -0.1) is 0 Å². The van der Waals surface area contributed by atoms with Gasteiger partial charge in [-0.3, -0.25) is 9.80 Å². The van der Waals surface area contributed by atoms with Crippen LogP contribution in [0.2, 0.25) is 0 Å². The fraction of sp³-hybridized carbons (Fsp3) is 0.684. The van der Waals surface area contributed by atoms with Crippen molar-refractivity contribution >= 4 is 0 Å². The highest BCUT2D eigenvalue weighted by Gasteiger charge is 2.35. The molecule has 0 bridgehead atoms. The zero-order valence-electron chi connectivity index (χ0n) is 13.9. The zero-order chi connectivity index (χ0) is 14.8.